The van der Waals surface area contributed by atoms with E-state index in [9.17, 15) is 19.2 Å². The number of aryl methyl sites for hydroxylation is 3. The Labute approximate surface area is 223 Å². The van der Waals surface area contributed by atoms with Gasteiger partial charge in [-0.2, -0.15) is 0 Å². The van der Waals surface area contributed by atoms with Gasteiger partial charge in [0.25, 0.3) is 11.5 Å². The Morgan fingerprint density at radius 1 is 0.974 bits per heavy atom. The first-order valence-electron chi connectivity index (χ1n) is 12.2. The first-order valence-corrected chi connectivity index (χ1v) is 13.0. The Bertz CT molecular complexity index is 1600. The lowest BCUT2D eigenvalue weighted by Gasteiger charge is -2.18. The maximum Gasteiger partial charge on any atom is 0.266 e. The van der Waals surface area contributed by atoms with E-state index in [-0.39, 0.29) is 23.3 Å². The standard InChI is InChI=1S/C28H29N5O4S/c1-6-22(25(35)31-20-10-8-19(9-11-20)30-18(5)34)33-14-29-27-23(28(33)37)17(4)24(38-27)26(36)32-21-12-7-15(2)13-16(21)3/h7-14,22H,6H2,1-5H3,(H,30,34)(H,31,35)(H,32,36). The summed E-state index contributed by atoms with van der Waals surface area (Å²) in [6.07, 6.45) is 1.71. The molecule has 4 rings (SSSR count). The molecule has 0 fully saturated rings. The molecule has 0 bridgehead atoms. The van der Waals surface area contributed by atoms with Gasteiger partial charge in [-0.3, -0.25) is 23.7 Å². The number of nitrogens with zero attached hydrogens (tertiary/aromatic N) is 2. The average Bonchev–Trinajstić information content (AvgIpc) is 3.20. The third-order valence-corrected chi connectivity index (χ3v) is 7.41. The van der Waals surface area contributed by atoms with Gasteiger partial charge >= 0.3 is 0 Å². The van der Waals surface area contributed by atoms with Gasteiger partial charge in [-0.25, -0.2) is 4.98 Å². The van der Waals surface area contributed by atoms with Crippen molar-refractivity contribution in [3.63, 3.8) is 0 Å². The van der Waals surface area contributed by atoms with E-state index >= 15 is 0 Å². The molecule has 1 unspecified atom stereocenters. The molecule has 2 aromatic heterocycles. The number of hydrogen-bond acceptors (Lipinski definition) is 6. The number of anilines is 3. The van der Waals surface area contributed by atoms with Crippen LogP contribution in [0.5, 0.6) is 0 Å². The molecular formula is C28H29N5O4S. The van der Waals surface area contributed by atoms with Crippen LogP contribution in [0.1, 0.15) is 52.7 Å². The second-order valence-electron chi connectivity index (χ2n) is 9.14. The SMILES string of the molecule is CCC(C(=O)Nc1ccc(NC(C)=O)cc1)n1cnc2sc(C(=O)Nc3ccc(C)cc3C)c(C)c2c1=O. The number of carbonyl (C=O) groups excluding carboxylic acids is 3. The summed E-state index contributed by atoms with van der Waals surface area (Å²) in [4.78, 5) is 56.2. The zero-order valence-electron chi connectivity index (χ0n) is 21.8. The number of carbonyl (C=O) groups is 3. The molecule has 0 aliphatic carbocycles. The van der Waals surface area contributed by atoms with Crippen molar-refractivity contribution >= 4 is 56.3 Å². The summed E-state index contributed by atoms with van der Waals surface area (Å²) in [6.45, 7) is 8.86. The second-order valence-corrected chi connectivity index (χ2v) is 10.1. The highest BCUT2D eigenvalue weighted by Gasteiger charge is 2.25. The van der Waals surface area contributed by atoms with E-state index in [1.54, 1.807) is 31.2 Å². The normalized spacial score (nSPS) is 11.7. The van der Waals surface area contributed by atoms with E-state index in [4.69, 9.17) is 0 Å². The van der Waals surface area contributed by atoms with Crippen LogP contribution >= 0.6 is 11.3 Å². The molecule has 10 heteroatoms. The fraction of sp³-hybridized carbons (Fsp3) is 0.250. The number of aromatic nitrogens is 2. The number of thiophene rings is 1. The molecule has 0 radical (unpaired) electrons. The number of nitrogens with one attached hydrogen (secondary N) is 3. The fourth-order valence-electron chi connectivity index (χ4n) is 4.28. The minimum absolute atomic E-state index is 0.190. The van der Waals surface area contributed by atoms with Crippen LogP contribution < -0.4 is 21.5 Å². The molecule has 2 aromatic carbocycles. The van der Waals surface area contributed by atoms with Crippen LogP contribution in [0.15, 0.2) is 53.6 Å². The molecule has 4 aromatic rings. The van der Waals surface area contributed by atoms with Crippen molar-refractivity contribution in [3.05, 3.63) is 80.7 Å². The van der Waals surface area contributed by atoms with Gasteiger partial charge in [0.15, 0.2) is 0 Å². The molecule has 0 spiro atoms. The highest BCUT2D eigenvalue weighted by atomic mass is 32.1. The quantitative estimate of drug-likeness (QED) is 0.303. The smallest absolute Gasteiger partial charge is 0.266 e. The van der Waals surface area contributed by atoms with E-state index in [1.165, 1.54) is 17.8 Å². The van der Waals surface area contributed by atoms with Gasteiger partial charge < -0.3 is 16.0 Å². The summed E-state index contributed by atoms with van der Waals surface area (Å²) < 4.78 is 1.31. The number of rotatable bonds is 7. The first-order chi connectivity index (χ1) is 18.1. The highest BCUT2D eigenvalue weighted by Crippen LogP contribution is 2.29. The lowest BCUT2D eigenvalue weighted by Crippen LogP contribution is -2.33. The number of amides is 3. The lowest BCUT2D eigenvalue weighted by molar-refractivity contribution is -0.119. The van der Waals surface area contributed by atoms with Gasteiger partial charge in [0, 0.05) is 24.0 Å². The Morgan fingerprint density at radius 2 is 1.63 bits per heavy atom. The molecule has 3 amide bonds. The second kappa shape index (κ2) is 11.0. The van der Waals surface area contributed by atoms with Crippen molar-refractivity contribution in [2.75, 3.05) is 16.0 Å². The Kier molecular flexibility index (Phi) is 7.72. The highest BCUT2D eigenvalue weighted by molar-refractivity contribution is 7.20. The van der Waals surface area contributed by atoms with Gasteiger partial charge in [-0.1, -0.05) is 24.6 Å². The first kappa shape index (κ1) is 26.7. The number of hydrogen-bond donors (Lipinski definition) is 3. The molecule has 0 aliphatic rings. The average molecular weight is 532 g/mol. The van der Waals surface area contributed by atoms with Crippen molar-refractivity contribution < 1.29 is 14.4 Å². The summed E-state index contributed by atoms with van der Waals surface area (Å²) in [6, 6.07) is 11.7. The van der Waals surface area contributed by atoms with Gasteiger partial charge in [-0.15, -0.1) is 11.3 Å². The Balaban J connectivity index is 1.60. The topological polar surface area (TPSA) is 122 Å². The third-order valence-electron chi connectivity index (χ3n) is 6.21. The van der Waals surface area contributed by atoms with Crippen LogP contribution in [0, 0.1) is 20.8 Å². The zero-order chi connectivity index (χ0) is 27.6. The van der Waals surface area contributed by atoms with Crippen LogP contribution in [0.25, 0.3) is 10.2 Å². The molecule has 196 valence electrons. The molecule has 3 N–H and O–H groups in total. The van der Waals surface area contributed by atoms with Crippen LogP contribution in [0.3, 0.4) is 0 Å². The summed E-state index contributed by atoms with van der Waals surface area (Å²) in [5, 5.41) is 8.75. The maximum absolute atomic E-state index is 13.5. The number of fused-ring (bicyclic) bond motifs is 1. The van der Waals surface area contributed by atoms with Gasteiger partial charge in [0.05, 0.1) is 16.6 Å². The molecular weight excluding hydrogens is 502 g/mol. The molecule has 2 heterocycles. The minimum Gasteiger partial charge on any atom is -0.326 e. The Hall–Kier alpha value is -4.31. The van der Waals surface area contributed by atoms with E-state index in [0.717, 1.165) is 22.5 Å². The van der Waals surface area contributed by atoms with Crippen LogP contribution in [0.2, 0.25) is 0 Å². The summed E-state index contributed by atoms with van der Waals surface area (Å²) in [5.41, 5.74) is 4.04. The van der Waals surface area contributed by atoms with Crippen LogP contribution in [0.4, 0.5) is 17.1 Å². The zero-order valence-corrected chi connectivity index (χ0v) is 22.7. The van der Waals surface area contributed by atoms with Gasteiger partial charge in [0.1, 0.15) is 10.9 Å². The predicted molar refractivity (Wildman–Crippen MR) is 151 cm³/mol. The molecule has 9 nitrogen and oxygen atoms in total. The Morgan fingerprint density at radius 3 is 2.24 bits per heavy atom. The van der Waals surface area contributed by atoms with Crippen LogP contribution in [-0.4, -0.2) is 27.3 Å². The molecule has 0 saturated carbocycles. The van der Waals surface area contributed by atoms with Crippen LogP contribution in [-0.2, 0) is 9.59 Å². The van der Waals surface area contributed by atoms with Crippen molar-refractivity contribution in [3.8, 4) is 0 Å². The molecule has 1 atom stereocenters. The summed E-state index contributed by atoms with van der Waals surface area (Å²) in [7, 11) is 0. The number of benzene rings is 2. The van der Waals surface area contributed by atoms with Gasteiger partial charge in [-0.05, 0) is 68.7 Å². The van der Waals surface area contributed by atoms with Gasteiger partial charge in [0.2, 0.25) is 11.8 Å². The van der Waals surface area contributed by atoms with Crippen molar-refractivity contribution in [1.29, 1.82) is 0 Å². The molecule has 0 aliphatic heterocycles. The third kappa shape index (κ3) is 5.50. The van der Waals surface area contributed by atoms with E-state index in [1.807, 2.05) is 39.0 Å². The summed E-state index contributed by atoms with van der Waals surface area (Å²) >= 11 is 1.15. The van der Waals surface area contributed by atoms with E-state index < -0.39 is 6.04 Å². The fourth-order valence-corrected chi connectivity index (χ4v) is 5.32. The van der Waals surface area contributed by atoms with E-state index in [2.05, 4.69) is 20.9 Å². The lowest BCUT2D eigenvalue weighted by atomic mass is 10.1. The monoisotopic (exact) mass is 531 g/mol. The van der Waals surface area contributed by atoms with Crippen molar-refractivity contribution in [1.82, 2.24) is 9.55 Å². The molecule has 0 saturated heterocycles. The molecule has 38 heavy (non-hydrogen) atoms. The largest absolute Gasteiger partial charge is 0.326 e. The minimum atomic E-state index is -0.804. The summed E-state index contributed by atoms with van der Waals surface area (Å²) in [5.74, 6) is -0.871. The van der Waals surface area contributed by atoms with Crippen molar-refractivity contribution in [2.45, 2.75) is 47.1 Å². The van der Waals surface area contributed by atoms with Crippen molar-refractivity contribution in [2.24, 2.45) is 0 Å². The van der Waals surface area contributed by atoms with E-state index in [0.29, 0.717) is 44.1 Å². The predicted octanol–water partition coefficient (Wildman–Crippen LogP) is 5.18. The maximum atomic E-state index is 13.5.